The molecule has 0 spiro atoms. The van der Waals surface area contributed by atoms with E-state index in [-0.39, 0.29) is 12.0 Å². The third-order valence-electron chi connectivity index (χ3n) is 4.43. The second-order valence-corrected chi connectivity index (χ2v) is 6.26. The lowest BCUT2D eigenvalue weighted by atomic mass is 10.1. The third kappa shape index (κ3) is 4.62. The Kier molecular flexibility index (Phi) is 5.40. The summed E-state index contributed by atoms with van der Waals surface area (Å²) in [6.45, 7) is 3.62. The fourth-order valence-electron chi connectivity index (χ4n) is 3.23. The monoisotopic (exact) mass is 320 g/mol. The van der Waals surface area contributed by atoms with Gasteiger partial charge in [0.15, 0.2) is 0 Å². The van der Waals surface area contributed by atoms with Crippen LogP contribution in [-0.4, -0.2) is 75.7 Å². The molecule has 2 fully saturated rings. The van der Waals surface area contributed by atoms with Crippen molar-refractivity contribution in [1.82, 2.24) is 19.8 Å². The zero-order chi connectivity index (χ0) is 16.1. The maximum atomic E-state index is 11.6. The van der Waals surface area contributed by atoms with Gasteiger partial charge in [-0.05, 0) is 19.3 Å². The molecule has 7 nitrogen and oxygen atoms in total. The van der Waals surface area contributed by atoms with Gasteiger partial charge in [-0.15, -0.1) is 0 Å². The van der Waals surface area contributed by atoms with E-state index in [1.54, 1.807) is 23.5 Å². The SMILES string of the molecule is O=C1CCCN1CC(O)CN1CCC(Oc2cnccn2)CC1. The maximum absolute atomic E-state index is 11.6. The van der Waals surface area contributed by atoms with Crippen molar-refractivity contribution in [2.75, 3.05) is 32.7 Å². The van der Waals surface area contributed by atoms with Crippen molar-refractivity contribution in [3.05, 3.63) is 18.6 Å². The number of ether oxygens (including phenoxy) is 1. The van der Waals surface area contributed by atoms with E-state index in [1.807, 2.05) is 0 Å². The lowest BCUT2D eigenvalue weighted by Crippen LogP contribution is -2.45. The molecule has 1 N–H and O–H groups in total. The highest BCUT2D eigenvalue weighted by atomic mass is 16.5. The van der Waals surface area contributed by atoms with Crippen molar-refractivity contribution >= 4 is 5.91 Å². The van der Waals surface area contributed by atoms with Crippen LogP contribution < -0.4 is 4.74 Å². The summed E-state index contributed by atoms with van der Waals surface area (Å²) in [5.74, 6) is 0.735. The minimum atomic E-state index is -0.477. The predicted octanol–water partition coefficient (Wildman–Crippen LogP) is 0.303. The first-order chi connectivity index (χ1) is 11.2. The van der Waals surface area contributed by atoms with Crippen molar-refractivity contribution < 1.29 is 14.6 Å². The van der Waals surface area contributed by atoms with E-state index in [0.29, 0.717) is 25.4 Å². The number of aliphatic hydroxyl groups is 1. The highest BCUT2D eigenvalue weighted by molar-refractivity contribution is 5.78. The Balaban J connectivity index is 1.38. The Morgan fingerprint density at radius 2 is 2.09 bits per heavy atom. The van der Waals surface area contributed by atoms with E-state index in [4.69, 9.17) is 4.74 Å². The van der Waals surface area contributed by atoms with Crippen LogP contribution in [0, 0.1) is 0 Å². The molecule has 0 aromatic carbocycles. The molecular weight excluding hydrogens is 296 g/mol. The van der Waals surface area contributed by atoms with Crippen LogP contribution in [0.1, 0.15) is 25.7 Å². The molecule has 126 valence electrons. The van der Waals surface area contributed by atoms with Gasteiger partial charge in [0.25, 0.3) is 0 Å². The van der Waals surface area contributed by atoms with Crippen LogP contribution >= 0.6 is 0 Å². The van der Waals surface area contributed by atoms with Crippen LogP contribution in [0.4, 0.5) is 0 Å². The lowest BCUT2D eigenvalue weighted by molar-refractivity contribution is -0.129. The molecule has 0 saturated carbocycles. The quantitative estimate of drug-likeness (QED) is 0.812. The van der Waals surface area contributed by atoms with Crippen LogP contribution in [0.2, 0.25) is 0 Å². The summed E-state index contributed by atoms with van der Waals surface area (Å²) in [5.41, 5.74) is 0. The van der Waals surface area contributed by atoms with E-state index in [0.717, 1.165) is 38.9 Å². The second kappa shape index (κ2) is 7.70. The van der Waals surface area contributed by atoms with Crippen LogP contribution in [0.3, 0.4) is 0 Å². The second-order valence-electron chi connectivity index (χ2n) is 6.26. The van der Waals surface area contributed by atoms with E-state index in [2.05, 4.69) is 14.9 Å². The van der Waals surface area contributed by atoms with E-state index in [9.17, 15) is 9.90 Å². The summed E-state index contributed by atoms with van der Waals surface area (Å²) in [6, 6.07) is 0. The van der Waals surface area contributed by atoms with Gasteiger partial charge in [-0.2, -0.15) is 0 Å². The van der Waals surface area contributed by atoms with Crippen LogP contribution in [0.25, 0.3) is 0 Å². The molecule has 1 aromatic rings. The maximum Gasteiger partial charge on any atom is 0.232 e. The Morgan fingerprint density at radius 3 is 2.74 bits per heavy atom. The third-order valence-corrected chi connectivity index (χ3v) is 4.43. The first-order valence-corrected chi connectivity index (χ1v) is 8.31. The molecule has 2 saturated heterocycles. The largest absolute Gasteiger partial charge is 0.473 e. The highest BCUT2D eigenvalue weighted by Gasteiger charge is 2.26. The number of nitrogens with zero attached hydrogens (tertiary/aromatic N) is 4. The van der Waals surface area contributed by atoms with Crippen molar-refractivity contribution in [2.24, 2.45) is 0 Å². The van der Waals surface area contributed by atoms with E-state index >= 15 is 0 Å². The number of amides is 1. The van der Waals surface area contributed by atoms with Gasteiger partial charge in [0.2, 0.25) is 11.8 Å². The molecule has 1 atom stereocenters. The number of hydrogen-bond donors (Lipinski definition) is 1. The molecule has 2 aliphatic rings. The summed E-state index contributed by atoms with van der Waals surface area (Å²) >= 11 is 0. The van der Waals surface area contributed by atoms with Gasteiger partial charge in [-0.1, -0.05) is 0 Å². The Bertz CT molecular complexity index is 505. The standard InChI is InChI=1S/C16H24N4O3/c21-13(12-20-7-1-2-16(20)22)11-19-8-3-14(4-9-19)23-15-10-17-5-6-18-15/h5-6,10,13-14,21H,1-4,7-9,11-12H2. The molecule has 0 aliphatic carbocycles. The molecule has 23 heavy (non-hydrogen) atoms. The van der Waals surface area contributed by atoms with Crippen molar-refractivity contribution in [3.8, 4) is 5.88 Å². The number of β-amino-alcohol motifs (C(OH)–C–C–N with tert-alkyl or cyclic N) is 1. The first-order valence-electron chi connectivity index (χ1n) is 8.31. The highest BCUT2D eigenvalue weighted by Crippen LogP contribution is 2.17. The lowest BCUT2D eigenvalue weighted by Gasteiger charge is -2.33. The Hall–Kier alpha value is -1.73. The van der Waals surface area contributed by atoms with E-state index in [1.165, 1.54) is 0 Å². The van der Waals surface area contributed by atoms with Gasteiger partial charge < -0.3 is 19.6 Å². The van der Waals surface area contributed by atoms with Gasteiger partial charge in [0.05, 0.1) is 12.3 Å². The average Bonchev–Trinajstić information content (AvgIpc) is 2.95. The average molecular weight is 320 g/mol. The van der Waals surface area contributed by atoms with Gasteiger partial charge >= 0.3 is 0 Å². The fraction of sp³-hybridized carbons (Fsp3) is 0.688. The van der Waals surface area contributed by atoms with E-state index < -0.39 is 6.10 Å². The number of aromatic nitrogens is 2. The molecule has 1 amide bonds. The van der Waals surface area contributed by atoms with Crippen molar-refractivity contribution in [1.29, 1.82) is 0 Å². The summed E-state index contributed by atoms with van der Waals surface area (Å²) in [6.07, 6.45) is 7.91. The number of carbonyl (C=O) groups excluding carboxylic acids is 1. The minimum absolute atomic E-state index is 0.153. The first kappa shape index (κ1) is 16.1. The molecule has 2 aliphatic heterocycles. The number of likely N-dealkylation sites (tertiary alicyclic amines) is 2. The molecule has 3 rings (SSSR count). The van der Waals surface area contributed by atoms with Crippen LogP contribution in [-0.2, 0) is 4.79 Å². The fourth-order valence-corrected chi connectivity index (χ4v) is 3.23. The Labute approximate surface area is 136 Å². The number of rotatable bonds is 6. The summed E-state index contributed by atoms with van der Waals surface area (Å²) in [4.78, 5) is 23.7. The summed E-state index contributed by atoms with van der Waals surface area (Å²) < 4.78 is 5.81. The number of aliphatic hydroxyl groups excluding tert-OH is 1. The van der Waals surface area contributed by atoms with Crippen LogP contribution in [0.5, 0.6) is 5.88 Å². The zero-order valence-electron chi connectivity index (χ0n) is 13.3. The minimum Gasteiger partial charge on any atom is -0.473 e. The Morgan fingerprint density at radius 1 is 1.26 bits per heavy atom. The summed E-state index contributed by atoms with van der Waals surface area (Å²) in [7, 11) is 0. The molecule has 0 radical (unpaired) electrons. The predicted molar refractivity (Wildman–Crippen MR) is 83.9 cm³/mol. The van der Waals surface area contributed by atoms with Gasteiger partial charge in [0, 0.05) is 51.5 Å². The van der Waals surface area contributed by atoms with Gasteiger partial charge in [0.1, 0.15) is 6.10 Å². The molecule has 3 heterocycles. The molecule has 7 heteroatoms. The van der Waals surface area contributed by atoms with Crippen molar-refractivity contribution in [3.63, 3.8) is 0 Å². The smallest absolute Gasteiger partial charge is 0.232 e. The molecule has 0 bridgehead atoms. The van der Waals surface area contributed by atoms with Gasteiger partial charge in [-0.25, -0.2) is 4.98 Å². The van der Waals surface area contributed by atoms with Gasteiger partial charge in [-0.3, -0.25) is 9.78 Å². The van der Waals surface area contributed by atoms with Crippen molar-refractivity contribution in [2.45, 2.75) is 37.9 Å². The topological polar surface area (TPSA) is 78.8 Å². The molecule has 1 aromatic heterocycles. The number of piperidine rings is 1. The molecule has 1 unspecified atom stereocenters. The van der Waals surface area contributed by atoms with Crippen LogP contribution in [0.15, 0.2) is 18.6 Å². The normalized spacial score (nSPS) is 21.6. The summed E-state index contributed by atoms with van der Waals surface area (Å²) in [5, 5.41) is 10.2. The zero-order valence-corrected chi connectivity index (χ0v) is 13.3. The molecular formula is C16H24N4O3. The number of hydrogen-bond acceptors (Lipinski definition) is 6. The number of carbonyl (C=O) groups is 1.